The highest BCUT2D eigenvalue weighted by Gasteiger charge is 2.43. The van der Waals surface area contributed by atoms with Crippen LogP contribution in [-0.4, -0.2) is 36.7 Å². The highest BCUT2D eigenvalue weighted by atomic mass is 19.3. The van der Waals surface area contributed by atoms with Crippen molar-refractivity contribution in [2.45, 2.75) is 25.3 Å². The summed E-state index contributed by atoms with van der Waals surface area (Å²) in [6.45, 7) is 2.30. The van der Waals surface area contributed by atoms with Crippen molar-refractivity contribution in [3.63, 3.8) is 0 Å². The van der Waals surface area contributed by atoms with Crippen LogP contribution in [-0.2, 0) is 4.74 Å². The van der Waals surface area contributed by atoms with Gasteiger partial charge in [-0.2, -0.15) is 0 Å². The van der Waals surface area contributed by atoms with Gasteiger partial charge in [-0.25, -0.2) is 13.8 Å². The summed E-state index contributed by atoms with van der Waals surface area (Å²) in [5.41, 5.74) is 0. The minimum Gasteiger partial charge on any atom is -0.380 e. The molecule has 0 radical (unpaired) electrons. The zero-order valence-corrected chi connectivity index (χ0v) is 7.09. The maximum Gasteiger partial charge on any atom is 0.263 e. The van der Waals surface area contributed by atoms with Gasteiger partial charge in [-0.3, -0.25) is 5.84 Å². The van der Waals surface area contributed by atoms with Crippen LogP contribution in [0.2, 0.25) is 0 Å². The van der Waals surface area contributed by atoms with E-state index in [0.29, 0.717) is 13.2 Å². The Hall–Kier alpha value is -0.260. The van der Waals surface area contributed by atoms with Gasteiger partial charge < -0.3 is 4.74 Å². The van der Waals surface area contributed by atoms with Crippen LogP contribution in [0.3, 0.4) is 0 Å². The Morgan fingerprint density at radius 3 is 2.75 bits per heavy atom. The number of rotatable bonds is 3. The van der Waals surface area contributed by atoms with Gasteiger partial charge in [0.2, 0.25) is 0 Å². The fourth-order valence-corrected chi connectivity index (χ4v) is 1.33. The summed E-state index contributed by atoms with van der Waals surface area (Å²) in [5, 5.41) is 1.16. The van der Waals surface area contributed by atoms with Crippen LogP contribution in [0.4, 0.5) is 8.78 Å². The van der Waals surface area contributed by atoms with Gasteiger partial charge >= 0.3 is 0 Å². The van der Waals surface area contributed by atoms with Crippen molar-refractivity contribution in [3.8, 4) is 0 Å². The maximum atomic E-state index is 12.7. The molecular weight excluding hydrogens is 166 g/mol. The molecule has 0 aliphatic carbocycles. The number of alkyl halides is 2. The van der Waals surface area contributed by atoms with E-state index in [1.54, 1.807) is 0 Å². The molecule has 0 aromatic rings. The Balaban J connectivity index is 2.36. The van der Waals surface area contributed by atoms with Crippen molar-refractivity contribution in [1.29, 1.82) is 0 Å². The van der Waals surface area contributed by atoms with Crippen molar-refractivity contribution >= 4 is 0 Å². The normalized spacial score (nSPS) is 29.5. The molecule has 1 heterocycles. The summed E-state index contributed by atoms with van der Waals surface area (Å²) >= 11 is 0. The summed E-state index contributed by atoms with van der Waals surface area (Å²) in [5.74, 6) is 2.73. The summed E-state index contributed by atoms with van der Waals surface area (Å²) in [7, 11) is 0. The molecule has 0 spiro atoms. The quantitative estimate of drug-likeness (QED) is 0.646. The highest BCUT2D eigenvalue weighted by Crippen LogP contribution is 2.29. The van der Waals surface area contributed by atoms with Gasteiger partial charge in [-0.05, 0) is 6.92 Å². The summed E-state index contributed by atoms with van der Waals surface area (Å²) in [6.07, 6.45) is -0.191. The van der Waals surface area contributed by atoms with E-state index in [4.69, 9.17) is 10.6 Å². The molecule has 1 aliphatic rings. The number of nitrogens with two attached hydrogens (primary N) is 1. The SMILES string of the molecule is CCOC[C@H]1CC(F)(F)CN1N. The molecule has 0 bridgehead atoms. The van der Waals surface area contributed by atoms with E-state index >= 15 is 0 Å². The lowest BCUT2D eigenvalue weighted by atomic mass is 10.2. The third-order valence-corrected chi connectivity index (χ3v) is 1.93. The van der Waals surface area contributed by atoms with Gasteiger partial charge in [0.25, 0.3) is 5.92 Å². The molecule has 12 heavy (non-hydrogen) atoms. The van der Waals surface area contributed by atoms with E-state index < -0.39 is 5.92 Å². The Kier molecular flexibility index (Phi) is 2.98. The maximum absolute atomic E-state index is 12.7. The summed E-state index contributed by atoms with van der Waals surface area (Å²) in [6, 6.07) is -0.333. The molecule has 1 fully saturated rings. The van der Waals surface area contributed by atoms with Crippen LogP contribution in [0.5, 0.6) is 0 Å². The molecule has 72 valence electrons. The minimum absolute atomic E-state index is 0.191. The van der Waals surface area contributed by atoms with Crippen LogP contribution in [0.15, 0.2) is 0 Å². The Labute approximate surface area is 70.4 Å². The average Bonchev–Trinajstić information content (AvgIpc) is 2.20. The van der Waals surface area contributed by atoms with Gasteiger partial charge in [0.1, 0.15) is 0 Å². The van der Waals surface area contributed by atoms with Crippen LogP contribution >= 0.6 is 0 Å². The lowest BCUT2D eigenvalue weighted by Gasteiger charge is -2.16. The molecular formula is C7H14F2N2O. The largest absolute Gasteiger partial charge is 0.380 e. The Bertz CT molecular complexity index is 154. The predicted octanol–water partition coefficient (Wildman–Crippen LogP) is 0.606. The second kappa shape index (κ2) is 3.64. The average molecular weight is 180 g/mol. The zero-order chi connectivity index (χ0) is 9.19. The molecule has 1 atom stereocenters. The number of nitrogens with zero attached hydrogens (tertiary/aromatic N) is 1. The summed E-state index contributed by atoms with van der Waals surface area (Å²) < 4.78 is 30.4. The third kappa shape index (κ3) is 2.36. The standard InChI is InChI=1S/C7H14F2N2O/c1-2-12-4-6-3-7(8,9)5-11(6)10/h6H,2-5,10H2,1H3/t6-/m1/s1. The number of hydrazine groups is 1. The fourth-order valence-electron chi connectivity index (χ4n) is 1.33. The molecule has 0 aromatic heterocycles. The molecule has 5 heteroatoms. The summed E-state index contributed by atoms with van der Waals surface area (Å²) in [4.78, 5) is 0. The molecule has 0 amide bonds. The van der Waals surface area contributed by atoms with Gasteiger partial charge in [0.05, 0.1) is 19.2 Å². The van der Waals surface area contributed by atoms with Crippen LogP contribution in [0, 0.1) is 0 Å². The molecule has 1 aliphatic heterocycles. The molecule has 3 nitrogen and oxygen atoms in total. The van der Waals surface area contributed by atoms with E-state index in [0.717, 1.165) is 5.01 Å². The van der Waals surface area contributed by atoms with E-state index in [2.05, 4.69) is 0 Å². The first-order valence-electron chi connectivity index (χ1n) is 4.02. The van der Waals surface area contributed by atoms with Crippen LogP contribution in [0.25, 0.3) is 0 Å². The number of halogens is 2. The topological polar surface area (TPSA) is 38.5 Å². The van der Waals surface area contributed by atoms with Crippen molar-refractivity contribution in [3.05, 3.63) is 0 Å². The van der Waals surface area contributed by atoms with Gasteiger partial charge in [-0.15, -0.1) is 0 Å². The smallest absolute Gasteiger partial charge is 0.263 e. The first-order valence-corrected chi connectivity index (χ1v) is 4.02. The molecule has 1 saturated heterocycles. The van der Waals surface area contributed by atoms with E-state index in [1.165, 1.54) is 0 Å². The lowest BCUT2D eigenvalue weighted by Crippen LogP contribution is -2.39. The van der Waals surface area contributed by atoms with Crippen molar-refractivity contribution in [2.24, 2.45) is 5.84 Å². The monoisotopic (exact) mass is 180 g/mol. The fraction of sp³-hybridized carbons (Fsp3) is 1.00. The van der Waals surface area contributed by atoms with E-state index in [9.17, 15) is 8.78 Å². The second-order valence-corrected chi connectivity index (χ2v) is 3.05. The Morgan fingerprint density at radius 1 is 1.67 bits per heavy atom. The molecule has 0 saturated carbocycles. The molecule has 2 N–H and O–H groups in total. The third-order valence-electron chi connectivity index (χ3n) is 1.93. The molecule has 0 aromatic carbocycles. The number of hydrogen-bond acceptors (Lipinski definition) is 3. The first kappa shape index (κ1) is 9.83. The van der Waals surface area contributed by atoms with Crippen molar-refractivity contribution in [2.75, 3.05) is 19.8 Å². The van der Waals surface area contributed by atoms with Crippen LogP contribution < -0.4 is 5.84 Å². The van der Waals surface area contributed by atoms with Crippen molar-refractivity contribution in [1.82, 2.24) is 5.01 Å². The predicted molar refractivity (Wildman–Crippen MR) is 40.7 cm³/mol. The van der Waals surface area contributed by atoms with Crippen LogP contribution in [0.1, 0.15) is 13.3 Å². The zero-order valence-electron chi connectivity index (χ0n) is 7.09. The molecule has 1 rings (SSSR count). The van der Waals surface area contributed by atoms with Gasteiger partial charge in [0.15, 0.2) is 0 Å². The van der Waals surface area contributed by atoms with Crippen molar-refractivity contribution < 1.29 is 13.5 Å². The van der Waals surface area contributed by atoms with E-state index in [1.807, 2.05) is 6.92 Å². The van der Waals surface area contributed by atoms with E-state index in [-0.39, 0.29) is 19.0 Å². The lowest BCUT2D eigenvalue weighted by molar-refractivity contribution is 0.0114. The Morgan fingerprint density at radius 2 is 2.33 bits per heavy atom. The first-order chi connectivity index (χ1) is 5.55. The van der Waals surface area contributed by atoms with Gasteiger partial charge in [0, 0.05) is 13.0 Å². The number of hydrogen-bond donors (Lipinski definition) is 1. The highest BCUT2D eigenvalue weighted by molar-refractivity contribution is 4.87. The number of ether oxygens (including phenoxy) is 1. The van der Waals surface area contributed by atoms with Gasteiger partial charge in [-0.1, -0.05) is 0 Å². The molecule has 0 unspecified atom stereocenters. The second-order valence-electron chi connectivity index (χ2n) is 3.05. The minimum atomic E-state index is -2.64.